The Kier molecular flexibility index (Phi) is 7.86. The number of pyridine rings is 2. The van der Waals surface area contributed by atoms with Crippen LogP contribution in [0.4, 0.5) is 11.5 Å². The molecule has 0 aliphatic carbocycles. The number of anilines is 2. The van der Waals surface area contributed by atoms with Crippen molar-refractivity contribution in [3.63, 3.8) is 0 Å². The third-order valence-electron chi connectivity index (χ3n) is 7.15. The van der Waals surface area contributed by atoms with E-state index in [4.69, 9.17) is 25.8 Å². The molecule has 5 atom stereocenters. The molecule has 35 heavy (non-hydrogen) atoms. The van der Waals surface area contributed by atoms with Crippen LogP contribution in [0.25, 0.3) is 0 Å². The van der Waals surface area contributed by atoms with E-state index in [2.05, 4.69) is 21.8 Å². The van der Waals surface area contributed by atoms with E-state index in [0.717, 1.165) is 31.0 Å². The van der Waals surface area contributed by atoms with Gasteiger partial charge in [0.1, 0.15) is 17.7 Å². The number of aromatic nitrogens is 2. The van der Waals surface area contributed by atoms with Crippen molar-refractivity contribution in [1.82, 2.24) is 9.97 Å². The summed E-state index contributed by atoms with van der Waals surface area (Å²) in [7, 11) is 3.26. The summed E-state index contributed by atoms with van der Waals surface area (Å²) in [6, 6.07) is 5.51. The minimum atomic E-state index is -0.824. The van der Waals surface area contributed by atoms with Crippen molar-refractivity contribution >= 4 is 29.1 Å². The van der Waals surface area contributed by atoms with Gasteiger partial charge in [0, 0.05) is 57.1 Å². The summed E-state index contributed by atoms with van der Waals surface area (Å²) >= 11 is 6.39. The van der Waals surface area contributed by atoms with E-state index in [0.29, 0.717) is 23.2 Å². The average molecular weight is 505 g/mol. The molecule has 0 amide bonds. The van der Waals surface area contributed by atoms with Crippen LogP contribution in [0, 0.1) is 11.8 Å². The van der Waals surface area contributed by atoms with Gasteiger partial charge in [-0.05, 0) is 12.1 Å². The van der Waals surface area contributed by atoms with Crippen LogP contribution in [0.15, 0.2) is 30.6 Å². The molecule has 0 saturated carbocycles. The Bertz CT molecular complexity index is 1020. The average Bonchev–Trinajstić information content (AvgIpc) is 3.16. The number of hydrogen-bond acceptors (Lipinski definition) is 8. The second-order valence-corrected chi connectivity index (χ2v) is 9.76. The summed E-state index contributed by atoms with van der Waals surface area (Å²) in [6.45, 7) is 6.40. The molecule has 2 aliphatic rings. The highest BCUT2D eigenvalue weighted by molar-refractivity contribution is 6.33. The lowest BCUT2D eigenvalue weighted by Crippen LogP contribution is -2.44. The maximum atomic E-state index is 11.4. The summed E-state index contributed by atoms with van der Waals surface area (Å²) in [6.07, 6.45) is 4.24. The van der Waals surface area contributed by atoms with E-state index < -0.39 is 5.97 Å². The van der Waals surface area contributed by atoms with E-state index in [9.17, 15) is 9.90 Å². The van der Waals surface area contributed by atoms with Crippen molar-refractivity contribution in [3.8, 4) is 11.6 Å². The van der Waals surface area contributed by atoms with Crippen molar-refractivity contribution in [2.75, 3.05) is 43.7 Å². The Labute approximate surface area is 211 Å². The fraction of sp³-hybridized carbons (Fsp3) is 0.560. The fourth-order valence-corrected chi connectivity index (χ4v) is 5.35. The van der Waals surface area contributed by atoms with Crippen LogP contribution in [0.1, 0.15) is 26.7 Å². The predicted molar refractivity (Wildman–Crippen MR) is 134 cm³/mol. The zero-order valence-corrected chi connectivity index (χ0v) is 21.3. The van der Waals surface area contributed by atoms with Crippen LogP contribution < -0.4 is 19.3 Å². The van der Waals surface area contributed by atoms with Gasteiger partial charge in [0.05, 0.1) is 42.7 Å². The molecule has 2 aliphatic heterocycles. The number of aliphatic carboxylic acids is 1. The Balaban J connectivity index is 1.40. The Morgan fingerprint density at radius 1 is 1.17 bits per heavy atom. The molecule has 0 bridgehead atoms. The maximum absolute atomic E-state index is 11.4. The summed E-state index contributed by atoms with van der Waals surface area (Å²) in [5, 5.41) is 9.97. The number of piperidine rings is 1. The largest absolute Gasteiger partial charge is 0.488 e. The van der Waals surface area contributed by atoms with Crippen LogP contribution in [-0.4, -0.2) is 73.1 Å². The van der Waals surface area contributed by atoms with E-state index >= 15 is 0 Å². The normalized spacial score (nSPS) is 26.6. The topological polar surface area (TPSA) is 97.2 Å². The van der Waals surface area contributed by atoms with E-state index in [1.54, 1.807) is 26.6 Å². The zero-order chi connectivity index (χ0) is 25.1. The number of halogens is 1. The van der Waals surface area contributed by atoms with Gasteiger partial charge >= 0.3 is 5.97 Å². The quantitative estimate of drug-likeness (QED) is 0.576. The number of nitrogens with zero attached hydrogens (tertiary/aromatic N) is 4. The summed E-state index contributed by atoms with van der Waals surface area (Å²) < 4.78 is 17.1. The second-order valence-electron chi connectivity index (χ2n) is 9.35. The van der Waals surface area contributed by atoms with Crippen molar-refractivity contribution in [1.29, 1.82) is 0 Å². The van der Waals surface area contributed by atoms with E-state index in [1.165, 1.54) is 0 Å². The first-order chi connectivity index (χ1) is 16.8. The van der Waals surface area contributed by atoms with Crippen LogP contribution in [-0.2, 0) is 9.53 Å². The first-order valence-corrected chi connectivity index (χ1v) is 12.3. The Hall–Kier alpha value is -2.78. The van der Waals surface area contributed by atoms with Crippen molar-refractivity contribution in [3.05, 3.63) is 35.6 Å². The molecule has 2 aromatic heterocycles. The Morgan fingerprint density at radius 3 is 2.60 bits per heavy atom. The van der Waals surface area contributed by atoms with Crippen LogP contribution in [0.5, 0.6) is 11.6 Å². The van der Waals surface area contributed by atoms with Crippen molar-refractivity contribution in [2.45, 2.75) is 44.9 Å². The highest BCUT2D eigenvalue weighted by Gasteiger charge is 2.41. The Morgan fingerprint density at radius 2 is 1.97 bits per heavy atom. The highest BCUT2D eigenvalue weighted by Crippen LogP contribution is 2.35. The smallest absolute Gasteiger partial charge is 0.305 e. The van der Waals surface area contributed by atoms with Gasteiger partial charge in [-0.3, -0.25) is 4.79 Å². The molecule has 190 valence electrons. The van der Waals surface area contributed by atoms with Gasteiger partial charge in [-0.15, -0.1) is 0 Å². The van der Waals surface area contributed by atoms with Crippen LogP contribution >= 0.6 is 11.6 Å². The fourth-order valence-electron chi connectivity index (χ4n) is 5.12. The molecule has 2 fully saturated rings. The lowest BCUT2D eigenvalue weighted by Gasteiger charge is -2.38. The molecule has 2 aromatic rings. The predicted octanol–water partition coefficient (Wildman–Crippen LogP) is 3.75. The van der Waals surface area contributed by atoms with Gasteiger partial charge in [-0.25, -0.2) is 9.97 Å². The standard InChI is InChI=1S/C25H33ClN4O5/c1-15-13-29(20-9-24(34-4)28-12-18(20)26)8-7-21(15)35-17-5-6-23(27-11-17)30-14-22(33-3)16(2)19(30)10-25(31)32/h5-6,9,11-12,15-16,19,21-22H,7-8,10,13-14H2,1-4H3,(H,31,32)/t15?,16-,19-,21?,22-/m0/s1. The first kappa shape index (κ1) is 25.3. The minimum Gasteiger partial charge on any atom is -0.488 e. The SMILES string of the molecule is COc1cc(N2CCC(Oc3ccc(N4C[C@H](OC)[C@@H](C)[C@@H]4CC(=O)O)nc3)C(C)C2)c(Cl)cn1. The monoisotopic (exact) mass is 504 g/mol. The molecule has 2 saturated heterocycles. The first-order valence-electron chi connectivity index (χ1n) is 11.9. The third kappa shape index (κ3) is 5.56. The number of ether oxygens (including phenoxy) is 3. The molecule has 4 heterocycles. The lowest BCUT2D eigenvalue weighted by molar-refractivity contribution is -0.137. The van der Waals surface area contributed by atoms with Gasteiger partial charge in [0.25, 0.3) is 0 Å². The molecule has 0 spiro atoms. The number of carboxylic acids is 1. The van der Waals surface area contributed by atoms with Gasteiger partial charge in [0.15, 0.2) is 0 Å². The molecule has 9 nitrogen and oxygen atoms in total. The molecule has 2 unspecified atom stereocenters. The third-order valence-corrected chi connectivity index (χ3v) is 7.44. The minimum absolute atomic E-state index is 0.0306. The van der Waals surface area contributed by atoms with Gasteiger partial charge in [-0.1, -0.05) is 25.4 Å². The number of rotatable bonds is 8. The zero-order valence-electron chi connectivity index (χ0n) is 20.6. The van der Waals surface area contributed by atoms with Crippen molar-refractivity contribution in [2.24, 2.45) is 11.8 Å². The highest BCUT2D eigenvalue weighted by atomic mass is 35.5. The number of carbonyl (C=O) groups is 1. The van der Waals surface area contributed by atoms with Crippen molar-refractivity contribution < 1.29 is 24.1 Å². The van der Waals surface area contributed by atoms with Crippen LogP contribution in [0.2, 0.25) is 5.02 Å². The van der Waals surface area contributed by atoms with E-state index in [1.807, 2.05) is 30.0 Å². The van der Waals surface area contributed by atoms with Gasteiger partial charge in [-0.2, -0.15) is 0 Å². The molecule has 4 rings (SSSR count). The summed E-state index contributed by atoms with van der Waals surface area (Å²) in [5.41, 5.74) is 0.917. The second kappa shape index (κ2) is 10.9. The van der Waals surface area contributed by atoms with Gasteiger partial charge in [0.2, 0.25) is 5.88 Å². The van der Waals surface area contributed by atoms with Gasteiger partial charge < -0.3 is 29.1 Å². The van der Waals surface area contributed by atoms with E-state index in [-0.39, 0.29) is 36.5 Å². The number of methoxy groups -OCH3 is 2. The molecule has 10 heteroatoms. The van der Waals surface area contributed by atoms with Crippen LogP contribution in [0.3, 0.4) is 0 Å². The molecular formula is C25H33ClN4O5. The lowest BCUT2D eigenvalue weighted by atomic mass is 9.96. The molecule has 0 radical (unpaired) electrons. The number of hydrogen-bond donors (Lipinski definition) is 1. The maximum Gasteiger partial charge on any atom is 0.305 e. The summed E-state index contributed by atoms with van der Waals surface area (Å²) in [5.74, 6) is 1.51. The molecule has 1 N–H and O–H groups in total. The summed E-state index contributed by atoms with van der Waals surface area (Å²) in [4.78, 5) is 24.5. The molecular weight excluding hydrogens is 472 g/mol. The molecule has 0 aromatic carbocycles. The number of carboxylic acid groups (broad SMARTS) is 1.